The van der Waals surface area contributed by atoms with Crippen LogP contribution in [0.1, 0.15) is 92.9 Å². The van der Waals surface area contributed by atoms with Gasteiger partial charge in [-0.3, -0.25) is 9.59 Å². The number of unbranched alkanes of at least 4 members (excludes halogenated alkanes) is 4. The zero-order valence-electron chi connectivity index (χ0n) is 25.7. The number of rotatable bonds is 10. The van der Waals surface area contributed by atoms with Crippen molar-refractivity contribution < 1.29 is 46.1 Å². The molecule has 4 rings (SSSR count). The maximum Gasteiger partial charge on any atom is 0.417 e. The van der Waals surface area contributed by atoms with Crippen LogP contribution in [0.15, 0.2) is 36.4 Å². The van der Waals surface area contributed by atoms with E-state index in [0.717, 1.165) is 43.5 Å². The van der Waals surface area contributed by atoms with Crippen LogP contribution < -0.4 is 0 Å². The molecule has 2 aliphatic heterocycles. The van der Waals surface area contributed by atoms with Crippen molar-refractivity contribution in [2.24, 2.45) is 0 Å². The lowest BCUT2D eigenvalue weighted by molar-refractivity contribution is -0.139. The van der Waals surface area contributed by atoms with E-state index in [1.165, 1.54) is 12.1 Å². The highest BCUT2D eigenvalue weighted by Gasteiger charge is 2.40. The predicted octanol–water partition coefficient (Wildman–Crippen LogP) is 8.08. The third kappa shape index (κ3) is 9.33. The molecule has 0 spiro atoms. The van der Waals surface area contributed by atoms with Crippen molar-refractivity contribution in [3.05, 3.63) is 68.7 Å². The minimum absolute atomic E-state index is 0.0763. The number of likely N-dealkylation sites (tertiary alicyclic amines) is 2. The van der Waals surface area contributed by atoms with Gasteiger partial charge in [0.2, 0.25) is 11.8 Å². The fraction of sp³-hybridized carbons (Fsp3) is 0.576. The fourth-order valence-electron chi connectivity index (χ4n) is 6.29. The number of alkyl halides is 6. The summed E-state index contributed by atoms with van der Waals surface area (Å²) in [7, 11) is 0. The summed E-state index contributed by atoms with van der Waals surface area (Å²) in [6.07, 6.45) is -4.55. The summed E-state index contributed by atoms with van der Waals surface area (Å²) >= 11 is 11.4. The summed E-state index contributed by atoms with van der Waals surface area (Å²) in [5.74, 6) is -0.153. The second-order valence-corrected chi connectivity index (χ2v) is 13.3. The fourth-order valence-corrected chi connectivity index (χ4v) is 6.74. The number of halogens is 8. The number of carbonyl (C=O) groups is 2. The Hall–Kier alpha value is -2.54. The average molecular weight is 712 g/mol. The Balaban J connectivity index is 1.11. The highest BCUT2D eigenvalue weighted by Crippen LogP contribution is 2.41. The second kappa shape index (κ2) is 14.9. The number of nitrogens with zero attached hydrogens (tertiary/aromatic N) is 2. The molecule has 2 aliphatic rings. The van der Waals surface area contributed by atoms with E-state index < -0.39 is 44.7 Å². The van der Waals surface area contributed by atoms with Crippen molar-refractivity contribution in [1.82, 2.24) is 9.80 Å². The molecule has 2 aromatic rings. The van der Waals surface area contributed by atoms with Crippen LogP contribution in [0.4, 0.5) is 26.3 Å². The van der Waals surface area contributed by atoms with Gasteiger partial charge in [-0.1, -0.05) is 54.6 Å². The molecule has 0 aromatic heterocycles. The zero-order chi connectivity index (χ0) is 34.6. The predicted molar refractivity (Wildman–Crippen MR) is 165 cm³/mol. The Bertz CT molecular complexity index is 1310. The van der Waals surface area contributed by atoms with Gasteiger partial charge in [-0.05, 0) is 73.9 Å². The van der Waals surface area contributed by atoms with Crippen LogP contribution in [0.5, 0.6) is 0 Å². The number of aliphatic hydroxyl groups is 2. The van der Waals surface area contributed by atoms with Gasteiger partial charge in [0.25, 0.3) is 0 Å². The number of piperidine rings is 2. The zero-order valence-corrected chi connectivity index (χ0v) is 27.2. The lowest BCUT2D eigenvalue weighted by Crippen LogP contribution is -2.45. The normalized spacial score (nSPS) is 18.3. The molecule has 6 nitrogen and oxygen atoms in total. The molecule has 47 heavy (non-hydrogen) atoms. The van der Waals surface area contributed by atoms with E-state index in [1.54, 1.807) is 9.80 Å². The molecule has 2 N–H and O–H groups in total. The SMILES string of the molecule is O=C(CCCCCCCC(=O)N1CCC(O)(c2ccc(Cl)c(C(F)(F)F)c2)CC1)N1CCC(O)(c2ccc(Cl)c(C(F)(F)F)c2)CC1. The van der Waals surface area contributed by atoms with Crippen LogP contribution in [0.2, 0.25) is 10.0 Å². The molecule has 0 aliphatic carbocycles. The molecule has 0 bridgehead atoms. The maximum absolute atomic E-state index is 13.3. The standard InChI is InChI=1S/C33H38Cl2F6N2O4/c34-26-10-8-22(20-24(26)32(36,37)38)30(46)12-16-42(17-13-30)28(44)6-4-2-1-3-5-7-29(45)43-18-14-31(47,15-19-43)23-9-11-27(35)25(21-23)33(39,40)41/h8-11,20-21,46-47H,1-7,12-19H2. The van der Waals surface area contributed by atoms with Gasteiger partial charge in [0.1, 0.15) is 0 Å². The largest absolute Gasteiger partial charge is 0.417 e. The first kappa shape index (κ1) is 37.3. The van der Waals surface area contributed by atoms with E-state index in [4.69, 9.17) is 23.2 Å². The Kier molecular flexibility index (Phi) is 11.8. The molecule has 0 unspecified atom stereocenters. The van der Waals surface area contributed by atoms with Crippen molar-refractivity contribution in [3.8, 4) is 0 Å². The third-order valence-electron chi connectivity index (χ3n) is 9.29. The summed E-state index contributed by atoms with van der Waals surface area (Å²) in [6, 6.07) is 6.78. The van der Waals surface area contributed by atoms with Crippen LogP contribution in [-0.2, 0) is 33.1 Å². The van der Waals surface area contributed by atoms with Crippen molar-refractivity contribution in [2.45, 2.75) is 94.2 Å². The van der Waals surface area contributed by atoms with Gasteiger partial charge in [-0.15, -0.1) is 0 Å². The van der Waals surface area contributed by atoms with Crippen LogP contribution in [0.3, 0.4) is 0 Å². The minimum Gasteiger partial charge on any atom is -0.385 e. The van der Waals surface area contributed by atoms with E-state index in [2.05, 4.69) is 0 Å². The first-order valence-corrected chi connectivity index (χ1v) is 16.4. The first-order chi connectivity index (χ1) is 21.9. The number of amides is 2. The molecule has 2 heterocycles. The lowest BCUT2D eigenvalue weighted by atomic mass is 9.83. The van der Waals surface area contributed by atoms with Gasteiger partial charge in [0.05, 0.1) is 32.4 Å². The highest BCUT2D eigenvalue weighted by molar-refractivity contribution is 6.31. The van der Waals surface area contributed by atoms with Gasteiger partial charge in [0.15, 0.2) is 0 Å². The van der Waals surface area contributed by atoms with E-state index >= 15 is 0 Å². The molecule has 260 valence electrons. The Morgan fingerprint density at radius 3 is 1.26 bits per heavy atom. The minimum atomic E-state index is -4.64. The monoisotopic (exact) mass is 710 g/mol. The average Bonchev–Trinajstić information content (AvgIpc) is 3.00. The Morgan fingerprint density at radius 2 is 0.936 bits per heavy atom. The maximum atomic E-state index is 13.3. The Morgan fingerprint density at radius 1 is 0.617 bits per heavy atom. The van der Waals surface area contributed by atoms with E-state index in [-0.39, 0.29) is 74.8 Å². The smallest absolute Gasteiger partial charge is 0.385 e. The Labute approximate surface area is 279 Å². The molecule has 0 radical (unpaired) electrons. The molecule has 2 amide bonds. The van der Waals surface area contributed by atoms with Crippen molar-refractivity contribution in [1.29, 1.82) is 0 Å². The lowest BCUT2D eigenvalue weighted by Gasteiger charge is -2.39. The molecule has 0 atom stereocenters. The first-order valence-electron chi connectivity index (χ1n) is 15.7. The summed E-state index contributed by atoms with van der Waals surface area (Å²) in [5.41, 5.74) is -4.71. The summed E-state index contributed by atoms with van der Waals surface area (Å²) in [6.45, 7) is 0.903. The number of hydrogen-bond acceptors (Lipinski definition) is 4. The molecule has 2 aromatic carbocycles. The highest BCUT2D eigenvalue weighted by atomic mass is 35.5. The second-order valence-electron chi connectivity index (χ2n) is 12.5. The van der Waals surface area contributed by atoms with Crippen molar-refractivity contribution in [2.75, 3.05) is 26.2 Å². The molecular formula is C33H38Cl2F6N2O4. The van der Waals surface area contributed by atoms with Crippen molar-refractivity contribution >= 4 is 35.0 Å². The van der Waals surface area contributed by atoms with Gasteiger partial charge in [0, 0.05) is 39.0 Å². The summed E-state index contributed by atoms with van der Waals surface area (Å²) in [4.78, 5) is 28.6. The third-order valence-corrected chi connectivity index (χ3v) is 9.95. The summed E-state index contributed by atoms with van der Waals surface area (Å²) < 4.78 is 79.6. The molecular weight excluding hydrogens is 673 g/mol. The van der Waals surface area contributed by atoms with Crippen LogP contribution >= 0.6 is 23.2 Å². The number of hydrogen-bond donors (Lipinski definition) is 2. The van der Waals surface area contributed by atoms with E-state index in [9.17, 15) is 46.1 Å². The van der Waals surface area contributed by atoms with Crippen molar-refractivity contribution in [3.63, 3.8) is 0 Å². The molecule has 2 fully saturated rings. The molecule has 14 heteroatoms. The topological polar surface area (TPSA) is 81.1 Å². The number of carbonyl (C=O) groups excluding carboxylic acids is 2. The molecule has 2 saturated heterocycles. The van der Waals surface area contributed by atoms with E-state index in [1.807, 2.05) is 0 Å². The van der Waals surface area contributed by atoms with E-state index in [0.29, 0.717) is 25.7 Å². The van der Waals surface area contributed by atoms with Crippen LogP contribution in [0.25, 0.3) is 0 Å². The van der Waals surface area contributed by atoms with Gasteiger partial charge < -0.3 is 20.0 Å². The van der Waals surface area contributed by atoms with Crippen LogP contribution in [0, 0.1) is 0 Å². The quantitative estimate of drug-likeness (QED) is 0.193. The van der Waals surface area contributed by atoms with Gasteiger partial charge >= 0.3 is 12.4 Å². The number of benzene rings is 2. The molecule has 0 saturated carbocycles. The van der Waals surface area contributed by atoms with Gasteiger partial charge in [-0.2, -0.15) is 26.3 Å². The van der Waals surface area contributed by atoms with Crippen LogP contribution in [-0.4, -0.2) is 58.0 Å². The van der Waals surface area contributed by atoms with Gasteiger partial charge in [-0.25, -0.2) is 0 Å². The summed E-state index contributed by atoms with van der Waals surface area (Å²) in [5, 5.41) is 21.2.